The minimum Gasteiger partial charge on any atom is -0.294 e. The van der Waals surface area contributed by atoms with Crippen LogP contribution in [-0.4, -0.2) is 23.1 Å². The number of hydrogen-bond acceptors (Lipinski definition) is 4. The van der Waals surface area contributed by atoms with Gasteiger partial charge in [-0.15, -0.1) is 0 Å². The molecule has 4 aliphatic carbocycles. The van der Waals surface area contributed by atoms with Gasteiger partial charge in [-0.2, -0.15) is 0 Å². The molecule has 2 atom stereocenters. The summed E-state index contributed by atoms with van der Waals surface area (Å²) in [5, 5.41) is 0. The van der Waals surface area contributed by atoms with E-state index in [-0.39, 0.29) is 35.0 Å². The molecule has 0 saturated carbocycles. The summed E-state index contributed by atoms with van der Waals surface area (Å²) in [6.07, 6.45) is 10.5. The number of carbonyl (C=O) groups excluding carboxylic acids is 4. The third-order valence-corrected chi connectivity index (χ3v) is 6.70. The van der Waals surface area contributed by atoms with E-state index in [0.29, 0.717) is 59.1 Å². The fourth-order valence-electron chi connectivity index (χ4n) is 5.02. The molecule has 4 nitrogen and oxygen atoms in total. The first kappa shape index (κ1) is 20.3. The van der Waals surface area contributed by atoms with Crippen LogP contribution in [0.5, 0.6) is 0 Å². The van der Waals surface area contributed by atoms with E-state index in [4.69, 9.17) is 0 Å². The van der Waals surface area contributed by atoms with Gasteiger partial charge in [0, 0.05) is 45.2 Å². The van der Waals surface area contributed by atoms with Gasteiger partial charge in [-0.3, -0.25) is 19.2 Å². The Morgan fingerprint density at radius 2 is 0.875 bits per heavy atom. The summed E-state index contributed by atoms with van der Waals surface area (Å²) in [5.41, 5.74) is 3.72. The minimum absolute atomic E-state index is 0.0227. The molecule has 0 radical (unpaired) electrons. The van der Waals surface area contributed by atoms with Gasteiger partial charge in [0.15, 0.2) is 23.1 Å². The molecule has 2 aromatic carbocycles. The first-order valence-corrected chi connectivity index (χ1v) is 11.0. The van der Waals surface area contributed by atoms with Crippen LogP contribution in [0.4, 0.5) is 0 Å². The summed E-state index contributed by atoms with van der Waals surface area (Å²) in [6, 6.07) is 14.2. The summed E-state index contributed by atoms with van der Waals surface area (Å²) < 4.78 is 0. The van der Waals surface area contributed by atoms with Gasteiger partial charge >= 0.3 is 0 Å². The largest absolute Gasteiger partial charge is 0.294 e. The number of benzene rings is 2. The Morgan fingerprint density at radius 1 is 0.500 bits per heavy atom. The maximum Gasteiger partial charge on any atom is 0.190 e. The highest BCUT2D eigenvalue weighted by molar-refractivity contribution is 6.27. The average Bonchev–Trinajstić information content (AvgIpc) is 2.86. The zero-order chi connectivity index (χ0) is 22.2. The van der Waals surface area contributed by atoms with Gasteiger partial charge in [-0.25, -0.2) is 0 Å². The third-order valence-electron chi connectivity index (χ3n) is 6.70. The number of fused-ring (bicyclic) bond motifs is 3. The quantitative estimate of drug-likeness (QED) is 0.536. The number of hydrogen-bond donors (Lipinski definition) is 0. The van der Waals surface area contributed by atoms with Gasteiger partial charge in [0.25, 0.3) is 0 Å². The maximum absolute atomic E-state index is 12.2. The Labute approximate surface area is 186 Å². The second-order valence-corrected chi connectivity index (χ2v) is 8.47. The molecule has 158 valence electrons. The molecule has 0 spiro atoms. The Kier molecular flexibility index (Phi) is 5.14. The number of ketones is 4. The van der Waals surface area contributed by atoms with Crippen molar-refractivity contribution in [2.45, 2.75) is 25.7 Å². The maximum atomic E-state index is 12.2. The standard InChI is InChI=1S/C14H12O2.C14H10O2/c2*15-13-9-5-1-2-6-10(9)14(16)12-8-4-3-7-11(12)13/h1-6,11-12H,7-8H2;1-6H,7-8H2. The lowest BCUT2D eigenvalue weighted by Crippen LogP contribution is -2.37. The third kappa shape index (κ3) is 3.23. The molecule has 4 aliphatic rings. The highest BCUT2D eigenvalue weighted by Gasteiger charge is 2.40. The zero-order valence-corrected chi connectivity index (χ0v) is 17.5. The number of Topliss-reactive ketones (excluding diaryl/α,β-unsaturated/α-hetero) is 4. The highest BCUT2D eigenvalue weighted by atomic mass is 16.1. The van der Waals surface area contributed by atoms with E-state index in [1.807, 2.05) is 36.4 Å². The first-order valence-electron chi connectivity index (χ1n) is 11.0. The van der Waals surface area contributed by atoms with Gasteiger partial charge in [-0.1, -0.05) is 72.8 Å². The molecule has 0 heterocycles. The summed E-state index contributed by atoms with van der Waals surface area (Å²) in [6.45, 7) is 0. The SMILES string of the molecule is O=C1C2=C(CC=CC2)C(=O)c2ccccc21.O=C1c2ccccc2C(=O)C2CC=CCC12. The van der Waals surface area contributed by atoms with Crippen LogP contribution >= 0.6 is 0 Å². The molecule has 6 rings (SSSR count). The van der Waals surface area contributed by atoms with Crippen molar-refractivity contribution in [2.75, 3.05) is 0 Å². The van der Waals surface area contributed by atoms with Crippen molar-refractivity contribution in [2.24, 2.45) is 11.8 Å². The summed E-state index contributed by atoms with van der Waals surface area (Å²) in [7, 11) is 0. The van der Waals surface area contributed by atoms with Crippen molar-refractivity contribution in [3.8, 4) is 0 Å². The molecule has 2 unspecified atom stereocenters. The summed E-state index contributed by atoms with van der Waals surface area (Å²) in [4.78, 5) is 48.7. The average molecular weight is 422 g/mol. The molecule has 32 heavy (non-hydrogen) atoms. The van der Waals surface area contributed by atoms with Crippen LogP contribution in [0.15, 0.2) is 84.0 Å². The van der Waals surface area contributed by atoms with Crippen LogP contribution in [0.2, 0.25) is 0 Å². The van der Waals surface area contributed by atoms with Crippen LogP contribution in [0.1, 0.15) is 67.1 Å². The predicted octanol–water partition coefficient (Wildman–Crippen LogP) is 5.36. The second-order valence-electron chi connectivity index (χ2n) is 8.47. The molecular weight excluding hydrogens is 400 g/mol. The van der Waals surface area contributed by atoms with Crippen LogP contribution < -0.4 is 0 Å². The van der Waals surface area contributed by atoms with Crippen LogP contribution in [0.25, 0.3) is 0 Å². The molecule has 2 aromatic rings. The van der Waals surface area contributed by atoms with Crippen molar-refractivity contribution in [1.82, 2.24) is 0 Å². The number of rotatable bonds is 0. The van der Waals surface area contributed by atoms with Crippen LogP contribution in [0, 0.1) is 11.8 Å². The van der Waals surface area contributed by atoms with Gasteiger partial charge in [0.2, 0.25) is 0 Å². The number of allylic oxidation sites excluding steroid dienone is 6. The van der Waals surface area contributed by atoms with Crippen molar-refractivity contribution >= 4 is 23.1 Å². The lowest BCUT2D eigenvalue weighted by atomic mass is 9.69. The highest BCUT2D eigenvalue weighted by Crippen LogP contribution is 2.37. The number of carbonyl (C=O) groups is 4. The van der Waals surface area contributed by atoms with E-state index < -0.39 is 0 Å². The van der Waals surface area contributed by atoms with Gasteiger partial charge in [-0.05, 0) is 25.7 Å². The van der Waals surface area contributed by atoms with Crippen molar-refractivity contribution < 1.29 is 19.2 Å². The molecule has 0 aliphatic heterocycles. The minimum atomic E-state index is -0.118. The van der Waals surface area contributed by atoms with Crippen molar-refractivity contribution in [3.05, 3.63) is 106 Å². The van der Waals surface area contributed by atoms with Crippen LogP contribution in [0.3, 0.4) is 0 Å². The van der Waals surface area contributed by atoms with Gasteiger partial charge in [0.1, 0.15) is 0 Å². The lowest BCUT2D eigenvalue weighted by Gasteiger charge is -2.31. The molecule has 0 N–H and O–H groups in total. The molecule has 0 aromatic heterocycles. The summed E-state index contributed by atoms with van der Waals surface area (Å²) in [5.74, 6) is 0.0954. The Bertz CT molecular complexity index is 1160. The van der Waals surface area contributed by atoms with E-state index in [9.17, 15) is 19.2 Å². The van der Waals surface area contributed by atoms with Gasteiger partial charge < -0.3 is 0 Å². The predicted molar refractivity (Wildman–Crippen MR) is 121 cm³/mol. The zero-order valence-electron chi connectivity index (χ0n) is 17.5. The van der Waals surface area contributed by atoms with E-state index >= 15 is 0 Å². The van der Waals surface area contributed by atoms with Crippen LogP contribution in [-0.2, 0) is 0 Å². The van der Waals surface area contributed by atoms with E-state index in [1.54, 1.807) is 36.4 Å². The van der Waals surface area contributed by atoms with Crippen molar-refractivity contribution in [3.63, 3.8) is 0 Å². The Hall–Kier alpha value is -3.66. The first-order chi connectivity index (χ1) is 15.6. The fourth-order valence-corrected chi connectivity index (χ4v) is 5.02. The van der Waals surface area contributed by atoms with E-state index in [1.165, 1.54) is 0 Å². The Morgan fingerprint density at radius 3 is 1.28 bits per heavy atom. The van der Waals surface area contributed by atoms with E-state index in [2.05, 4.69) is 0 Å². The lowest BCUT2D eigenvalue weighted by molar-refractivity contribution is 0.0729. The summed E-state index contributed by atoms with van der Waals surface area (Å²) >= 11 is 0. The molecule has 0 bridgehead atoms. The molecule has 0 saturated heterocycles. The second kappa shape index (κ2) is 8.12. The molecular formula is C28H22O4. The fraction of sp³-hybridized carbons (Fsp3) is 0.214. The molecule has 0 fully saturated rings. The smallest absolute Gasteiger partial charge is 0.190 e. The normalized spacial score (nSPS) is 23.0. The van der Waals surface area contributed by atoms with E-state index in [0.717, 1.165) is 0 Å². The molecule has 0 amide bonds. The van der Waals surface area contributed by atoms with Gasteiger partial charge in [0.05, 0.1) is 0 Å². The van der Waals surface area contributed by atoms with Crippen molar-refractivity contribution in [1.29, 1.82) is 0 Å². The molecule has 4 heteroatoms. The topological polar surface area (TPSA) is 68.3 Å². The monoisotopic (exact) mass is 422 g/mol. The Balaban J connectivity index is 0.000000135.